The van der Waals surface area contributed by atoms with Gasteiger partial charge in [0.25, 0.3) is 5.78 Å². The van der Waals surface area contributed by atoms with E-state index in [0.717, 1.165) is 12.3 Å². The lowest BCUT2D eigenvalue weighted by atomic mass is 10.2. The Morgan fingerprint density at radius 1 is 1.56 bits per heavy atom. The molecule has 0 aromatic rings. The van der Waals surface area contributed by atoms with Crippen LogP contribution >= 0.6 is 11.6 Å². The molecule has 0 N–H and O–H groups in total. The van der Waals surface area contributed by atoms with Crippen LogP contribution in [-0.2, 0) is 14.3 Å². The van der Waals surface area contributed by atoms with Crippen molar-refractivity contribution in [2.75, 3.05) is 0 Å². The van der Waals surface area contributed by atoms with Crippen LogP contribution in [0.1, 0.15) is 0 Å². The zero-order chi connectivity index (χ0) is 6.85. The number of hydrogen-bond acceptors (Lipinski definition) is 3. The second-order valence-electron chi connectivity index (χ2n) is 1.48. The average Bonchev–Trinajstić information content (AvgIpc) is 1.83. The fraction of sp³-hybridized carbons (Fsp3) is 0.200. The summed E-state index contributed by atoms with van der Waals surface area (Å²) in [5.41, 5.74) is -1.12. The third-order valence-electron chi connectivity index (χ3n) is 0.866. The largest absolute Gasteiger partial charge is 0.474 e. The SMILES string of the molecule is O=C1C=COC(Cl)C1=O. The molecule has 3 nitrogen and oxygen atoms in total. The summed E-state index contributed by atoms with van der Waals surface area (Å²) in [6.07, 6.45) is 2.16. The first-order valence-corrected chi connectivity index (χ1v) is 2.69. The molecular weight excluding hydrogens is 144 g/mol. The molecule has 0 aromatic heterocycles. The van der Waals surface area contributed by atoms with Gasteiger partial charge in [-0.3, -0.25) is 9.59 Å². The quantitative estimate of drug-likeness (QED) is 0.363. The molecule has 1 rings (SSSR count). The van der Waals surface area contributed by atoms with Crippen molar-refractivity contribution in [3.63, 3.8) is 0 Å². The molecule has 0 radical (unpaired) electrons. The molecule has 1 heterocycles. The lowest BCUT2D eigenvalue weighted by molar-refractivity contribution is -0.138. The molecule has 0 bridgehead atoms. The Hall–Kier alpha value is -0.830. The number of alkyl halides is 1. The lowest BCUT2D eigenvalue weighted by Gasteiger charge is -2.08. The fourth-order valence-electron chi connectivity index (χ4n) is 0.426. The molecule has 0 fully saturated rings. The van der Waals surface area contributed by atoms with Gasteiger partial charge in [0.2, 0.25) is 11.3 Å². The van der Waals surface area contributed by atoms with Gasteiger partial charge < -0.3 is 4.74 Å². The number of carbonyl (C=O) groups excluding carboxylic acids is 2. The minimum Gasteiger partial charge on any atom is -0.474 e. The highest BCUT2D eigenvalue weighted by Crippen LogP contribution is 2.06. The van der Waals surface area contributed by atoms with Crippen molar-refractivity contribution in [3.8, 4) is 0 Å². The molecule has 1 atom stereocenters. The van der Waals surface area contributed by atoms with E-state index in [1.807, 2.05) is 0 Å². The van der Waals surface area contributed by atoms with Crippen molar-refractivity contribution in [2.24, 2.45) is 0 Å². The summed E-state index contributed by atoms with van der Waals surface area (Å²) >= 11 is 5.22. The van der Waals surface area contributed by atoms with Gasteiger partial charge >= 0.3 is 0 Å². The summed E-state index contributed by atoms with van der Waals surface area (Å²) in [5, 5.41) is 0. The number of rotatable bonds is 0. The number of Topliss-reactive ketones (excluding diaryl/α,β-unsaturated/α-hetero) is 1. The Morgan fingerprint density at radius 3 is 2.67 bits per heavy atom. The Kier molecular flexibility index (Phi) is 1.53. The van der Waals surface area contributed by atoms with Crippen LogP contribution in [-0.4, -0.2) is 17.1 Å². The highest BCUT2D eigenvalue weighted by atomic mass is 35.5. The Labute approximate surface area is 56.2 Å². The number of allylic oxidation sites excluding steroid dienone is 1. The average molecular weight is 147 g/mol. The van der Waals surface area contributed by atoms with Gasteiger partial charge in [-0.1, -0.05) is 11.6 Å². The van der Waals surface area contributed by atoms with Crippen LogP contribution in [0.15, 0.2) is 12.3 Å². The van der Waals surface area contributed by atoms with Gasteiger partial charge in [0.05, 0.1) is 6.26 Å². The second-order valence-corrected chi connectivity index (χ2v) is 1.88. The molecule has 0 aliphatic carbocycles. The topological polar surface area (TPSA) is 43.4 Å². The van der Waals surface area contributed by atoms with Gasteiger partial charge in [-0.15, -0.1) is 0 Å². The van der Waals surface area contributed by atoms with Crippen LogP contribution < -0.4 is 0 Å². The van der Waals surface area contributed by atoms with Crippen LogP contribution in [0.25, 0.3) is 0 Å². The zero-order valence-electron chi connectivity index (χ0n) is 4.33. The molecule has 1 unspecified atom stereocenters. The Morgan fingerprint density at radius 2 is 2.22 bits per heavy atom. The molecule has 0 saturated carbocycles. The van der Waals surface area contributed by atoms with Crippen LogP contribution in [0, 0.1) is 0 Å². The van der Waals surface area contributed by atoms with Gasteiger partial charge in [0, 0.05) is 6.08 Å². The van der Waals surface area contributed by atoms with Crippen LogP contribution in [0.2, 0.25) is 0 Å². The van der Waals surface area contributed by atoms with Gasteiger partial charge in [0.15, 0.2) is 0 Å². The molecule has 48 valence electrons. The molecule has 4 heteroatoms. The summed E-state index contributed by atoms with van der Waals surface area (Å²) in [4.78, 5) is 20.9. The molecule has 0 aromatic carbocycles. The number of ketones is 2. The smallest absolute Gasteiger partial charge is 0.258 e. The first-order chi connectivity index (χ1) is 4.22. The zero-order valence-corrected chi connectivity index (χ0v) is 5.09. The minimum atomic E-state index is -1.12. The van der Waals surface area contributed by atoms with Crippen molar-refractivity contribution >= 4 is 23.2 Å². The highest BCUT2D eigenvalue weighted by molar-refractivity contribution is 6.52. The summed E-state index contributed by atoms with van der Waals surface area (Å²) < 4.78 is 4.47. The number of hydrogen-bond donors (Lipinski definition) is 0. The monoisotopic (exact) mass is 146 g/mol. The maximum atomic E-state index is 10.5. The van der Waals surface area contributed by atoms with E-state index >= 15 is 0 Å². The Bertz CT molecular complexity index is 185. The maximum absolute atomic E-state index is 10.5. The third-order valence-corrected chi connectivity index (χ3v) is 1.17. The van der Waals surface area contributed by atoms with E-state index in [-0.39, 0.29) is 0 Å². The van der Waals surface area contributed by atoms with Gasteiger partial charge in [-0.2, -0.15) is 0 Å². The van der Waals surface area contributed by atoms with Gasteiger partial charge in [0.1, 0.15) is 0 Å². The molecule has 9 heavy (non-hydrogen) atoms. The third kappa shape index (κ3) is 1.10. The van der Waals surface area contributed by atoms with E-state index < -0.39 is 17.1 Å². The highest BCUT2D eigenvalue weighted by Gasteiger charge is 2.24. The van der Waals surface area contributed by atoms with Crippen molar-refractivity contribution in [1.82, 2.24) is 0 Å². The first kappa shape index (κ1) is 6.29. The summed E-state index contributed by atoms with van der Waals surface area (Å²) in [6, 6.07) is 0. The summed E-state index contributed by atoms with van der Waals surface area (Å²) in [5.74, 6) is -1.32. The van der Waals surface area contributed by atoms with Crippen molar-refractivity contribution in [1.29, 1.82) is 0 Å². The fourth-order valence-corrected chi connectivity index (χ4v) is 0.593. The van der Waals surface area contributed by atoms with Crippen LogP contribution in [0.3, 0.4) is 0 Å². The van der Waals surface area contributed by atoms with E-state index in [9.17, 15) is 9.59 Å². The van der Waals surface area contributed by atoms with E-state index in [4.69, 9.17) is 11.6 Å². The second kappa shape index (κ2) is 2.19. The van der Waals surface area contributed by atoms with Gasteiger partial charge in [-0.25, -0.2) is 0 Å². The predicted octanol–water partition coefficient (Wildman–Crippen LogP) is 0.233. The van der Waals surface area contributed by atoms with E-state index in [2.05, 4.69) is 4.74 Å². The van der Waals surface area contributed by atoms with Crippen LogP contribution in [0.4, 0.5) is 0 Å². The molecular formula is C5H3ClO3. The summed E-state index contributed by atoms with van der Waals surface area (Å²) in [7, 11) is 0. The standard InChI is InChI=1S/C5H3ClO3/c6-5-4(8)3(7)1-2-9-5/h1-2,5H. The number of ether oxygens (including phenoxy) is 1. The van der Waals surface area contributed by atoms with Crippen molar-refractivity contribution in [2.45, 2.75) is 5.56 Å². The summed E-state index contributed by atoms with van der Waals surface area (Å²) in [6.45, 7) is 0. The van der Waals surface area contributed by atoms with E-state index in [1.54, 1.807) is 0 Å². The first-order valence-electron chi connectivity index (χ1n) is 2.26. The van der Waals surface area contributed by atoms with Crippen molar-refractivity contribution in [3.05, 3.63) is 12.3 Å². The molecule has 1 aliphatic heterocycles. The lowest BCUT2D eigenvalue weighted by Crippen LogP contribution is -2.27. The molecule has 0 amide bonds. The number of carbonyl (C=O) groups is 2. The maximum Gasteiger partial charge on any atom is 0.258 e. The van der Waals surface area contributed by atoms with Crippen LogP contribution in [0.5, 0.6) is 0 Å². The molecule has 0 saturated heterocycles. The van der Waals surface area contributed by atoms with Gasteiger partial charge in [-0.05, 0) is 0 Å². The van der Waals surface area contributed by atoms with E-state index in [1.165, 1.54) is 0 Å². The normalized spacial score (nSPS) is 26.1. The van der Waals surface area contributed by atoms with E-state index in [0.29, 0.717) is 0 Å². The molecule has 0 spiro atoms. The predicted molar refractivity (Wildman–Crippen MR) is 29.9 cm³/mol. The molecule has 1 aliphatic rings. The Balaban J connectivity index is 2.81. The number of halogens is 1. The minimum absolute atomic E-state index is 0.610. The van der Waals surface area contributed by atoms with Crippen molar-refractivity contribution < 1.29 is 14.3 Å².